The van der Waals surface area contributed by atoms with Crippen molar-refractivity contribution in [3.05, 3.63) is 77.7 Å². The quantitative estimate of drug-likeness (QED) is 0.296. The lowest BCUT2D eigenvalue weighted by Crippen LogP contribution is -2.05. The summed E-state index contributed by atoms with van der Waals surface area (Å²) in [5.41, 5.74) is 5.72. The van der Waals surface area contributed by atoms with E-state index in [2.05, 4.69) is 47.5 Å². The predicted octanol–water partition coefficient (Wildman–Crippen LogP) is 5.15. The molecular weight excluding hydrogens is 434 g/mol. The molecule has 0 saturated carbocycles. The third-order valence-electron chi connectivity index (χ3n) is 5.35. The van der Waals surface area contributed by atoms with Gasteiger partial charge in [0.25, 0.3) is 0 Å². The Kier molecular flexibility index (Phi) is 6.66. The summed E-state index contributed by atoms with van der Waals surface area (Å²) in [7, 11) is 0. The molecule has 2 heterocycles. The van der Waals surface area contributed by atoms with Crippen molar-refractivity contribution in [2.45, 2.75) is 37.7 Å². The van der Waals surface area contributed by atoms with Crippen molar-refractivity contribution in [2.24, 2.45) is 0 Å². The second kappa shape index (κ2) is 9.80. The van der Waals surface area contributed by atoms with Crippen LogP contribution in [0.2, 0.25) is 0 Å². The van der Waals surface area contributed by atoms with Crippen LogP contribution in [-0.2, 0) is 11.4 Å². The highest BCUT2D eigenvalue weighted by Crippen LogP contribution is 2.28. The topological polar surface area (TPSA) is 76.7 Å². The summed E-state index contributed by atoms with van der Waals surface area (Å²) >= 11 is 4.42. The lowest BCUT2D eigenvalue weighted by molar-refractivity contribution is -0.137. The molecule has 0 spiro atoms. The number of thiol groups is 1. The summed E-state index contributed by atoms with van der Waals surface area (Å²) in [6.07, 6.45) is 3.45. The molecule has 2 aromatic heterocycles. The number of fused-ring (bicyclic) bond motifs is 1. The van der Waals surface area contributed by atoms with Crippen LogP contribution in [0.1, 0.15) is 36.0 Å². The molecule has 0 bridgehead atoms. The van der Waals surface area contributed by atoms with Gasteiger partial charge in [0.15, 0.2) is 5.65 Å². The SMILES string of the molecule is CC#CC(CC(=O)O)c1ccc(OCc2cc(-c3ccc(S)cc3C)cn3ncnc23)cc1. The molecule has 7 heteroatoms. The standard InChI is InChI=1S/C26H23N3O3S/c1-3-4-19(13-25(30)31)18-5-7-22(8-6-18)32-15-21-12-20(14-29-26(21)27-16-28-29)24-10-9-23(33)11-17(24)2/h5-12,14,16,19,33H,13,15H2,1-2H3,(H,30,31). The van der Waals surface area contributed by atoms with E-state index in [9.17, 15) is 4.79 Å². The number of aryl methyl sites for hydroxylation is 1. The molecule has 1 atom stereocenters. The molecule has 33 heavy (non-hydrogen) atoms. The average molecular weight is 458 g/mol. The third-order valence-corrected chi connectivity index (χ3v) is 5.62. The Balaban J connectivity index is 1.57. The minimum Gasteiger partial charge on any atom is -0.489 e. The number of aliphatic carboxylic acids is 1. The molecule has 166 valence electrons. The molecule has 1 unspecified atom stereocenters. The molecule has 0 fully saturated rings. The number of ether oxygens (including phenoxy) is 1. The number of nitrogens with zero attached hydrogens (tertiary/aromatic N) is 3. The molecule has 0 saturated heterocycles. The van der Waals surface area contributed by atoms with Gasteiger partial charge < -0.3 is 9.84 Å². The molecule has 0 aliphatic rings. The Morgan fingerprint density at radius 2 is 2.00 bits per heavy atom. The number of rotatable bonds is 7. The van der Waals surface area contributed by atoms with Gasteiger partial charge in [-0.25, -0.2) is 9.50 Å². The van der Waals surface area contributed by atoms with Gasteiger partial charge in [0, 0.05) is 22.2 Å². The highest BCUT2D eigenvalue weighted by Gasteiger charge is 2.14. The van der Waals surface area contributed by atoms with Crippen molar-refractivity contribution < 1.29 is 14.6 Å². The lowest BCUT2D eigenvalue weighted by atomic mass is 9.96. The van der Waals surface area contributed by atoms with Crippen LogP contribution in [0.15, 0.2) is 66.0 Å². The van der Waals surface area contributed by atoms with Gasteiger partial charge in [-0.2, -0.15) is 5.10 Å². The summed E-state index contributed by atoms with van der Waals surface area (Å²) in [4.78, 5) is 16.4. The summed E-state index contributed by atoms with van der Waals surface area (Å²) < 4.78 is 7.79. The number of carboxylic acids is 1. The van der Waals surface area contributed by atoms with Crippen LogP contribution in [0.4, 0.5) is 0 Å². The van der Waals surface area contributed by atoms with Gasteiger partial charge in [-0.15, -0.1) is 18.5 Å². The number of carboxylic acid groups (broad SMARTS) is 1. The van der Waals surface area contributed by atoms with Crippen LogP contribution in [0.5, 0.6) is 5.75 Å². The molecule has 6 nitrogen and oxygen atoms in total. The van der Waals surface area contributed by atoms with Gasteiger partial charge in [-0.1, -0.05) is 24.1 Å². The zero-order valence-corrected chi connectivity index (χ0v) is 19.2. The van der Waals surface area contributed by atoms with E-state index >= 15 is 0 Å². The van der Waals surface area contributed by atoms with Gasteiger partial charge in [0.05, 0.1) is 12.3 Å². The van der Waals surface area contributed by atoms with Crippen LogP contribution in [0, 0.1) is 18.8 Å². The first-order valence-corrected chi connectivity index (χ1v) is 10.9. The van der Waals surface area contributed by atoms with Gasteiger partial charge in [-0.3, -0.25) is 4.79 Å². The highest BCUT2D eigenvalue weighted by molar-refractivity contribution is 7.80. The molecule has 2 aromatic carbocycles. The first kappa shape index (κ1) is 22.4. The largest absolute Gasteiger partial charge is 0.489 e. The van der Waals surface area contributed by atoms with Gasteiger partial charge >= 0.3 is 5.97 Å². The van der Waals surface area contributed by atoms with E-state index in [0.717, 1.165) is 38.4 Å². The maximum atomic E-state index is 11.1. The zero-order chi connectivity index (χ0) is 23.4. The fraction of sp³-hybridized carbons (Fsp3) is 0.192. The molecule has 4 rings (SSSR count). The van der Waals surface area contributed by atoms with E-state index in [0.29, 0.717) is 12.4 Å². The van der Waals surface area contributed by atoms with Crippen molar-refractivity contribution >= 4 is 24.2 Å². The van der Waals surface area contributed by atoms with E-state index in [4.69, 9.17) is 9.84 Å². The number of benzene rings is 2. The van der Waals surface area contributed by atoms with E-state index in [1.165, 1.54) is 6.33 Å². The molecule has 0 aliphatic carbocycles. The van der Waals surface area contributed by atoms with Crippen molar-refractivity contribution in [2.75, 3.05) is 0 Å². The van der Waals surface area contributed by atoms with Crippen LogP contribution in [-0.4, -0.2) is 25.7 Å². The Hall–Kier alpha value is -3.76. The summed E-state index contributed by atoms with van der Waals surface area (Å²) in [6.45, 7) is 4.07. The van der Waals surface area contributed by atoms with E-state index in [1.807, 2.05) is 48.7 Å². The number of aromatic nitrogens is 3. The van der Waals surface area contributed by atoms with Gasteiger partial charge in [0.1, 0.15) is 18.7 Å². The lowest BCUT2D eigenvalue weighted by Gasteiger charge is -2.13. The summed E-state index contributed by atoms with van der Waals surface area (Å²) in [5.74, 6) is 5.22. The third kappa shape index (κ3) is 5.18. The first-order chi connectivity index (χ1) is 15.9. The molecule has 0 aliphatic heterocycles. The fourth-order valence-corrected chi connectivity index (χ4v) is 4.05. The Bertz CT molecular complexity index is 1370. The Morgan fingerprint density at radius 1 is 1.21 bits per heavy atom. The predicted molar refractivity (Wildman–Crippen MR) is 130 cm³/mol. The van der Waals surface area contributed by atoms with E-state index < -0.39 is 5.97 Å². The average Bonchev–Trinajstić information content (AvgIpc) is 3.26. The van der Waals surface area contributed by atoms with Crippen molar-refractivity contribution in [1.82, 2.24) is 14.6 Å². The van der Waals surface area contributed by atoms with Crippen LogP contribution >= 0.6 is 12.6 Å². The van der Waals surface area contributed by atoms with E-state index in [1.54, 1.807) is 11.4 Å². The van der Waals surface area contributed by atoms with Crippen LogP contribution < -0.4 is 4.74 Å². The van der Waals surface area contributed by atoms with Gasteiger partial charge in [0.2, 0.25) is 0 Å². The Morgan fingerprint density at radius 3 is 2.70 bits per heavy atom. The fourth-order valence-electron chi connectivity index (χ4n) is 3.78. The van der Waals surface area contributed by atoms with Crippen LogP contribution in [0.25, 0.3) is 16.8 Å². The number of hydrogen-bond donors (Lipinski definition) is 2. The molecule has 4 aromatic rings. The smallest absolute Gasteiger partial charge is 0.304 e. The highest BCUT2D eigenvalue weighted by atomic mass is 32.1. The first-order valence-electron chi connectivity index (χ1n) is 10.4. The minimum atomic E-state index is -0.875. The number of carbonyl (C=O) groups is 1. The summed E-state index contributed by atoms with van der Waals surface area (Å²) in [5, 5.41) is 13.4. The van der Waals surface area contributed by atoms with Gasteiger partial charge in [-0.05, 0) is 60.9 Å². The second-order valence-electron chi connectivity index (χ2n) is 7.68. The number of pyridine rings is 1. The normalized spacial score (nSPS) is 11.6. The minimum absolute atomic E-state index is 0.0354. The summed E-state index contributed by atoms with van der Waals surface area (Å²) in [6, 6.07) is 15.5. The second-order valence-corrected chi connectivity index (χ2v) is 8.20. The van der Waals surface area contributed by atoms with Crippen molar-refractivity contribution in [3.63, 3.8) is 0 Å². The molecule has 1 N–H and O–H groups in total. The molecular formula is C26H23N3O3S. The molecule has 0 radical (unpaired) electrons. The Labute approximate surface area is 197 Å². The maximum Gasteiger partial charge on any atom is 0.304 e. The van der Waals surface area contributed by atoms with Crippen LogP contribution in [0.3, 0.4) is 0 Å². The van der Waals surface area contributed by atoms with Crippen molar-refractivity contribution in [1.29, 1.82) is 0 Å². The van der Waals surface area contributed by atoms with Crippen molar-refractivity contribution in [3.8, 4) is 28.7 Å². The number of hydrogen-bond acceptors (Lipinski definition) is 5. The monoisotopic (exact) mass is 457 g/mol. The maximum absolute atomic E-state index is 11.1. The zero-order valence-electron chi connectivity index (χ0n) is 18.3. The molecule has 0 amide bonds. The van der Waals surface area contributed by atoms with E-state index in [-0.39, 0.29) is 12.3 Å².